The molecule has 1 fully saturated rings. The molecule has 0 aromatic carbocycles. The smallest absolute Gasteiger partial charge is 0.321 e. The van der Waals surface area contributed by atoms with E-state index < -0.39 is 11.8 Å². The highest BCUT2D eigenvalue weighted by Gasteiger charge is 2.38. The first-order chi connectivity index (χ1) is 7.10. The zero-order valence-corrected chi connectivity index (χ0v) is 10.4. The molecule has 94 valence electrons. The molecule has 1 amide bonds. The summed E-state index contributed by atoms with van der Waals surface area (Å²) in [4.78, 5) is 11.3. The second-order valence-corrected chi connectivity index (χ2v) is 5.96. The van der Waals surface area contributed by atoms with E-state index in [4.69, 9.17) is 0 Å². The van der Waals surface area contributed by atoms with Crippen molar-refractivity contribution in [2.24, 2.45) is 11.3 Å². The average Bonchev–Trinajstić information content (AvgIpc) is 2.83. The fourth-order valence-electron chi connectivity index (χ4n) is 1.60. The Morgan fingerprint density at radius 2 is 1.81 bits per heavy atom. The molecule has 0 saturated heterocycles. The Kier molecular flexibility index (Phi) is 3.60. The van der Waals surface area contributed by atoms with Gasteiger partial charge in [-0.15, -0.1) is 0 Å². The van der Waals surface area contributed by atoms with Crippen molar-refractivity contribution >= 4 is 5.91 Å². The highest BCUT2D eigenvalue weighted by atomic mass is 19.3. The number of hydrogen-bond donors (Lipinski definition) is 1. The first kappa shape index (κ1) is 13.4. The van der Waals surface area contributed by atoms with E-state index in [0.717, 1.165) is 19.3 Å². The molecule has 0 heterocycles. The van der Waals surface area contributed by atoms with Gasteiger partial charge in [0.2, 0.25) is 0 Å². The Morgan fingerprint density at radius 1 is 1.31 bits per heavy atom. The second kappa shape index (κ2) is 4.30. The lowest BCUT2D eigenvalue weighted by atomic mass is 9.83. The predicted octanol–water partition coefficient (Wildman–Crippen LogP) is 2.97. The number of carbonyl (C=O) groups excluding carboxylic acids is 1. The topological polar surface area (TPSA) is 29.1 Å². The summed E-state index contributed by atoms with van der Waals surface area (Å²) in [6.45, 7) is 6.54. The van der Waals surface area contributed by atoms with E-state index in [1.807, 2.05) is 20.8 Å². The normalized spacial score (nSPS) is 19.4. The highest BCUT2D eigenvalue weighted by molar-refractivity contribution is 5.83. The van der Waals surface area contributed by atoms with Crippen molar-refractivity contribution in [1.82, 2.24) is 5.32 Å². The minimum atomic E-state index is -3.28. The molecule has 16 heavy (non-hydrogen) atoms. The summed E-state index contributed by atoms with van der Waals surface area (Å²) in [6.07, 6.45) is 3.13. The largest absolute Gasteiger partial charge is 0.348 e. The van der Waals surface area contributed by atoms with Gasteiger partial charge >= 0.3 is 5.92 Å². The Bertz CT molecular complexity index is 261. The quantitative estimate of drug-likeness (QED) is 0.794. The van der Waals surface area contributed by atoms with Crippen molar-refractivity contribution in [3.63, 3.8) is 0 Å². The minimum absolute atomic E-state index is 0.168. The maximum atomic E-state index is 12.8. The van der Waals surface area contributed by atoms with Gasteiger partial charge in [0.1, 0.15) is 0 Å². The zero-order valence-electron chi connectivity index (χ0n) is 10.4. The molecule has 1 saturated carbocycles. The van der Waals surface area contributed by atoms with Gasteiger partial charge in [0.05, 0.1) is 0 Å². The lowest BCUT2D eigenvalue weighted by molar-refractivity contribution is -0.144. The molecule has 0 aromatic rings. The Hall–Kier alpha value is -0.670. The number of hydrogen-bond acceptors (Lipinski definition) is 1. The predicted molar refractivity (Wildman–Crippen MR) is 59.3 cm³/mol. The summed E-state index contributed by atoms with van der Waals surface area (Å²) in [6, 6.07) is -0.168. The molecule has 1 atom stereocenters. The van der Waals surface area contributed by atoms with Gasteiger partial charge in [-0.1, -0.05) is 33.6 Å². The first-order valence-electron chi connectivity index (χ1n) is 5.79. The van der Waals surface area contributed by atoms with Crippen molar-refractivity contribution in [3.8, 4) is 0 Å². The van der Waals surface area contributed by atoms with Crippen molar-refractivity contribution in [2.75, 3.05) is 0 Å². The van der Waals surface area contributed by atoms with E-state index in [9.17, 15) is 13.6 Å². The monoisotopic (exact) mass is 233 g/mol. The van der Waals surface area contributed by atoms with Gasteiger partial charge in [0, 0.05) is 13.0 Å². The van der Waals surface area contributed by atoms with Gasteiger partial charge in [-0.05, 0) is 17.8 Å². The second-order valence-electron chi connectivity index (χ2n) is 5.96. The number of alkyl halides is 2. The summed E-state index contributed by atoms with van der Waals surface area (Å²) in [5, 5.41) is 2.48. The van der Waals surface area contributed by atoms with Crippen molar-refractivity contribution in [1.29, 1.82) is 0 Å². The van der Waals surface area contributed by atoms with Crippen LogP contribution in [0.5, 0.6) is 0 Å². The Balaban J connectivity index is 2.59. The van der Waals surface area contributed by atoms with Crippen LogP contribution in [0.15, 0.2) is 0 Å². The van der Waals surface area contributed by atoms with E-state index in [1.165, 1.54) is 0 Å². The number of carbonyl (C=O) groups is 1. The molecule has 0 bridgehead atoms. The fraction of sp³-hybridized carbons (Fsp3) is 0.917. The van der Waals surface area contributed by atoms with Crippen LogP contribution in [0.4, 0.5) is 8.78 Å². The minimum Gasteiger partial charge on any atom is -0.348 e. The molecule has 4 heteroatoms. The number of rotatable bonds is 4. The molecule has 0 spiro atoms. The Labute approximate surface area is 95.8 Å². The number of halogens is 2. The van der Waals surface area contributed by atoms with Gasteiger partial charge < -0.3 is 5.32 Å². The fourth-order valence-corrected chi connectivity index (χ4v) is 1.60. The van der Waals surface area contributed by atoms with E-state index in [-0.39, 0.29) is 11.5 Å². The summed E-state index contributed by atoms with van der Waals surface area (Å²) in [7, 11) is 0. The molecular formula is C12H21F2NO. The van der Waals surface area contributed by atoms with E-state index in [2.05, 4.69) is 5.32 Å². The highest BCUT2D eigenvalue weighted by Crippen LogP contribution is 2.37. The third-order valence-corrected chi connectivity index (χ3v) is 3.02. The SMILES string of the molecule is CC(F)(F)C(=O)NC(CC1CC1)C(C)(C)C. The lowest BCUT2D eigenvalue weighted by Gasteiger charge is -2.32. The molecule has 1 unspecified atom stereocenters. The van der Waals surface area contributed by atoms with Crippen LogP contribution in [-0.2, 0) is 4.79 Å². The molecular weight excluding hydrogens is 212 g/mol. The molecule has 0 radical (unpaired) electrons. The Morgan fingerprint density at radius 3 is 2.12 bits per heavy atom. The van der Waals surface area contributed by atoms with Gasteiger partial charge in [-0.3, -0.25) is 4.79 Å². The summed E-state index contributed by atoms with van der Waals surface area (Å²) in [5.74, 6) is -3.84. The van der Waals surface area contributed by atoms with Crippen LogP contribution in [-0.4, -0.2) is 17.9 Å². The first-order valence-corrected chi connectivity index (χ1v) is 5.79. The molecule has 1 N–H and O–H groups in total. The molecule has 2 nitrogen and oxygen atoms in total. The van der Waals surface area contributed by atoms with E-state index in [0.29, 0.717) is 12.8 Å². The number of amides is 1. The van der Waals surface area contributed by atoms with Crippen LogP contribution >= 0.6 is 0 Å². The van der Waals surface area contributed by atoms with Crippen molar-refractivity contribution in [3.05, 3.63) is 0 Å². The molecule has 1 rings (SSSR count). The van der Waals surface area contributed by atoms with Gasteiger partial charge in [-0.2, -0.15) is 8.78 Å². The summed E-state index contributed by atoms with van der Waals surface area (Å²) >= 11 is 0. The zero-order chi connectivity index (χ0) is 12.6. The molecule has 0 aromatic heterocycles. The lowest BCUT2D eigenvalue weighted by Crippen LogP contribution is -2.49. The van der Waals surface area contributed by atoms with Crippen LogP contribution in [0, 0.1) is 11.3 Å². The van der Waals surface area contributed by atoms with E-state index in [1.54, 1.807) is 0 Å². The van der Waals surface area contributed by atoms with E-state index >= 15 is 0 Å². The maximum Gasteiger partial charge on any atom is 0.321 e. The molecule has 1 aliphatic carbocycles. The summed E-state index contributed by atoms with van der Waals surface area (Å²) < 4.78 is 25.6. The van der Waals surface area contributed by atoms with Crippen LogP contribution < -0.4 is 5.32 Å². The van der Waals surface area contributed by atoms with Crippen LogP contribution in [0.25, 0.3) is 0 Å². The van der Waals surface area contributed by atoms with Crippen molar-refractivity contribution in [2.45, 2.75) is 58.9 Å². The number of nitrogens with one attached hydrogen (secondary N) is 1. The van der Waals surface area contributed by atoms with Crippen molar-refractivity contribution < 1.29 is 13.6 Å². The van der Waals surface area contributed by atoms with Gasteiger partial charge in [0.15, 0.2) is 0 Å². The maximum absolute atomic E-state index is 12.8. The third kappa shape index (κ3) is 4.06. The third-order valence-electron chi connectivity index (χ3n) is 3.02. The van der Waals surface area contributed by atoms with Crippen LogP contribution in [0.1, 0.15) is 47.0 Å². The van der Waals surface area contributed by atoms with Gasteiger partial charge in [-0.25, -0.2) is 0 Å². The van der Waals surface area contributed by atoms with Crippen LogP contribution in [0.3, 0.4) is 0 Å². The molecule has 1 aliphatic rings. The average molecular weight is 233 g/mol. The summed E-state index contributed by atoms with van der Waals surface area (Å²) in [5.41, 5.74) is -0.177. The standard InChI is InChI=1S/C12H21F2NO/c1-11(2,3)9(7-8-5-6-8)15-10(16)12(4,13)14/h8-9H,5-7H2,1-4H3,(H,15,16). The van der Waals surface area contributed by atoms with Crippen LogP contribution in [0.2, 0.25) is 0 Å². The van der Waals surface area contributed by atoms with Gasteiger partial charge in [0.25, 0.3) is 5.91 Å². The molecule has 0 aliphatic heterocycles.